The van der Waals surface area contributed by atoms with E-state index in [-0.39, 0.29) is 18.7 Å². The van der Waals surface area contributed by atoms with Gasteiger partial charge in [-0.1, -0.05) is 29.8 Å². The van der Waals surface area contributed by atoms with Crippen molar-refractivity contribution in [2.75, 3.05) is 7.11 Å². The second kappa shape index (κ2) is 8.16. The summed E-state index contributed by atoms with van der Waals surface area (Å²) in [5.74, 6) is -0.446. The molecule has 0 saturated carbocycles. The third-order valence-corrected chi connectivity index (χ3v) is 4.37. The van der Waals surface area contributed by atoms with E-state index >= 15 is 0 Å². The van der Waals surface area contributed by atoms with Crippen molar-refractivity contribution >= 4 is 17.6 Å². The van der Waals surface area contributed by atoms with Crippen LogP contribution in [0.5, 0.6) is 0 Å². The van der Waals surface area contributed by atoms with Gasteiger partial charge in [0.2, 0.25) is 0 Å². The van der Waals surface area contributed by atoms with Gasteiger partial charge in [-0.25, -0.2) is 9.48 Å². The molecule has 0 atom stereocenters. The van der Waals surface area contributed by atoms with E-state index in [9.17, 15) is 14.7 Å². The van der Waals surface area contributed by atoms with Gasteiger partial charge < -0.3 is 9.84 Å². The number of ether oxygens (including phenoxy) is 1. The van der Waals surface area contributed by atoms with Gasteiger partial charge in [-0.15, -0.1) is 0 Å². The van der Waals surface area contributed by atoms with Gasteiger partial charge in [0.05, 0.1) is 36.5 Å². The lowest BCUT2D eigenvalue weighted by Gasteiger charge is -2.10. The molecule has 2 aromatic carbocycles. The molecule has 0 bridgehead atoms. The van der Waals surface area contributed by atoms with E-state index in [0.717, 1.165) is 5.56 Å². The summed E-state index contributed by atoms with van der Waals surface area (Å²) in [6.45, 7) is 0.0684. The topological polar surface area (TPSA) is 81.4 Å². The lowest BCUT2D eigenvalue weighted by atomic mass is 10.1. The molecule has 0 radical (unpaired) electrons. The predicted octanol–water partition coefficient (Wildman–Crippen LogP) is 2.89. The normalized spacial score (nSPS) is 10.6. The Balaban J connectivity index is 1.98. The summed E-state index contributed by atoms with van der Waals surface area (Å²) < 4.78 is 6.02. The van der Waals surface area contributed by atoms with Crippen LogP contribution in [0.25, 0.3) is 11.3 Å². The third-order valence-electron chi connectivity index (χ3n) is 4.04. The number of halogens is 1. The summed E-state index contributed by atoms with van der Waals surface area (Å²) >= 11 is 6.25. The van der Waals surface area contributed by atoms with Gasteiger partial charge >= 0.3 is 5.97 Å². The first-order valence-electron chi connectivity index (χ1n) is 8.17. The number of nitrogens with zero attached hydrogens (tertiary/aromatic N) is 2. The van der Waals surface area contributed by atoms with Crippen molar-refractivity contribution in [2.45, 2.75) is 13.2 Å². The molecule has 0 aliphatic rings. The Kier molecular flexibility index (Phi) is 5.69. The minimum Gasteiger partial charge on any atom is -0.465 e. The molecule has 7 heteroatoms. The zero-order valence-electron chi connectivity index (χ0n) is 14.6. The number of methoxy groups -OCH3 is 1. The lowest BCUT2D eigenvalue weighted by molar-refractivity contribution is 0.0600. The molecule has 138 valence electrons. The van der Waals surface area contributed by atoms with Gasteiger partial charge in [-0.3, -0.25) is 4.79 Å². The van der Waals surface area contributed by atoms with Gasteiger partial charge in [0, 0.05) is 11.6 Å². The molecule has 0 aliphatic heterocycles. The number of aromatic nitrogens is 2. The first-order chi connectivity index (χ1) is 13.0. The number of aliphatic hydroxyl groups is 1. The highest BCUT2D eigenvalue weighted by atomic mass is 35.5. The molecule has 0 unspecified atom stereocenters. The first kappa shape index (κ1) is 18.8. The van der Waals surface area contributed by atoms with Crippen molar-refractivity contribution < 1.29 is 14.6 Å². The Morgan fingerprint density at radius 2 is 1.96 bits per heavy atom. The fourth-order valence-electron chi connectivity index (χ4n) is 2.66. The number of aliphatic hydroxyl groups excluding tert-OH is 1. The van der Waals surface area contributed by atoms with Gasteiger partial charge in [0.15, 0.2) is 0 Å². The van der Waals surface area contributed by atoms with Gasteiger partial charge in [-0.05, 0) is 41.5 Å². The average molecular weight is 385 g/mol. The SMILES string of the molecule is COC(=O)c1cccc(Cn2nc(-c3cc(CO)ccc3Cl)ccc2=O)c1. The Bertz CT molecular complexity index is 1050. The van der Waals surface area contributed by atoms with Crippen molar-refractivity contribution in [3.8, 4) is 11.3 Å². The highest BCUT2D eigenvalue weighted by molar-refractivity contribution is 6.33. The average Bonchev–Trinajstić information content (AvgIpc) is 2.69. The predicted molar refractivity (Wildman–Crippen MR) is 102 cm³/mol. The smallest absolute Gasteiger partial charge is 0.337 e. The largest absolute Gasteiger partial charge is 0.465 e. The Labute approximate surface area is 160 Å². The van der Waals surface area contributed by atoms with Crippen molar-refractivity contribution in [2.24, 2.45) is 0 Å². The molecule has 0 saturated heterocycles. The summed E-state index contributed by atoms with van der Waals surface area (Å²) in [5.41, 5.74) is 2.69. The van der Waals surface area contributed by atoms with E-state index in [0.29, 0.717) is 27.4 Å². The number of carbonyl (C=O) groups is 1. The summed E-state index contributed by atoms with van der Waals surface area (Å²) in [7, 11) is 1.31. The number of rotatable bonds is 5. The minimum absolute atomic E-state index is 0.121. The minimum atomic E-state index is -0.446. The molecule has 27 heavy (non-hydrogen) atoms. The van der Waals surface area contributed by atoms with E-state index in [4.69, 9.17) is 16.3 Å². The molecular formula is C20H17ClN2O4. The monoisotopic (exact) mass is 384 g/mol. The van der Waals surface area contributed by atoms with Crippen LogP contribution < -0.4 is 5.56 Å². The van der Waals surface area contributed by atoms with Gasteiger partial charge in [0.25, 0.3) is 5.56 Å². The maximum absolute atomic E-state index is 12.2. The van der Waals surface area contributed by atoms with Gasteiger partial charge in [-0.2, -0.15) is 5.10 Å². The maximum Gasteiger partial charge on any atom is 0.337 e. The number of esters is 1. The fraction of sp³-hybridized carbons (Fsp3) is 0.150. The van der Waals surface area contributed by atoms with E-state index < -0.39 is 5.97 Å². The van der Waals surface area contributed by atoms with Crippen LogP contribution in [0.4, 0.5) is 0 Å². The number of hydrogen-bond acceptors (Lipinski definition) is 5. The molecular weight excluding hydrogens is 368 g/mol. The summed E-state index contributed by atoms with van der Waals surface area (Å²) in [5, 5.41) is 14.2. The van der Waals surface area contributed by atoms with Crippen LogP contribution in [-0.2, 0) is 17.9 Å². The molecule has 1 aromatic heterocycles. The van der Waals surface area contributed by atoms with E-state index in [1.165, 1.54) is 17.9 Å². The summed E-state index contributed by atoms with van der Waals surface area (Å²) in [6.07, 6.45) is 0. The maximum atomic E-state index is 12.2. The number of hydrogen-bond donors (Lipinski definition) is 1. The van der Waals surface area contributed by atoms with Crippen LogP contribution in [0.15, 0.2) is 59.4 Å². The van der Waals surface area contributed by atoms with E-state index in [1.807, 2.05) is 0 Å². The highest BCUT2D eigenvalue weighted by Gasteiger charge is 2.10. The summed E-state index contributed by atoms with van der Waals surface area (Å²) in [6, 6.07) is 15.0. The van der Waals surface area contributed by atoms with E-state index in [2.05, 4.69) is 5.10 Å². The van der Waals surface area contributed by atoms with Crippen LogP contribution in [-0.4, -0.2) is 28.0 Å². The zero-order valence-corrected chi connectivity index (χ0v) is 15.3. The molecule has 0 fully saturated rings. The molecule has 3 rings (SSSR count). The molecule has 0 amide bonds. The summed E-state index contributed by atoms with van der Waals surface area (Å²) in [4.78, 5) is 23.9. The van der Waals surface area contributed by atoms with Crippen molar-refractivity contribution in [3.05, 3.63) is 86.7 Å². The number of benzene rings is 2. The molecule has 1 N–H and O–H groups in total. The number of carbonyl (C=O) groups excluding carboxylic acids is 1. The highest BCUT2D eigenvalue weighted by Crippen LogP contribution is 2.27. The zero-order chi connectivity index (χ0) is 19.4. The van der Waals surface area contributed by atoms with Gasteiger partial charge in [0.1, 0.15) is 0 Å². The second-order valence-electron chi connectivity index (χ2n) is 5.88. The Morgan fingerprint density at radius 1 is 1.15 bits per heavy atom. The van der Waals surface area contributed by atoms with Crippen LogP contribution in [0.3, 0.4) is 0 Å². The van der Waals surface area contributed by atoms with E-state index in [1.54, 1.807) is 48.5 Å². The standard InChI is InChI=1S/C20H17ClN2O4/c1-27-20(26)15-4-2-3-13(9-15)11-23-19(25)8-7-18(22-23)16-10-14(12-24)5-6-17(16)21/h2-10,24H,11-12H2,1H3. The third kappa shape index (κ3) is 4.24. The lowest BCUT2D eigenvalue weighted by Crippen LogP contribution is -2.23. The van der Waals surface area contributed by atoms with Crippen molar-refractivity contribution in [1.82, 2.24) is 9.78 Å². The van der Waals surface area contributed by atoms with Crippen molar-refractivity contribution in [3.63, 3.8) is 0 Å². The van der Waals surface area contributed by atoms with Crippen molar-refractivity contribution in [1.29, 1.82) is 0 Å². The molecule has 0 spiro atoms. The Morgan fingerprint density at radius 3 is 2.70 bits per heavy atom. The van der Waals surface area contributed by atoms with Crippen LogP contribution in [0.1, 0.15) is 21.5 Å². The fourth-order valence-corrected chi connectivity index (χ4v) is 2.87. The Hall–Kier alpha value is -2.96. The quantitative estimate of drug-likeness (QED) is 0.684. The van der Waals surface area contributed by atoms with Crippen LogP contribution >= 0.6 is 11.6 Å². The second-order valence-corrected chi connectivity index (χ2v) is 6.29. The molecule has 0 aliphatic carbocycles. The first-order valence-corrected chi connectivity index (χ1v) is 8.54. The molecule has 6 nitrogen and oxygen atoms in total. The van der Waals surface area contributed by atoms with Crippen LogP contribution in [0, 0.1) is 0 Å². The molecule has 3 aromatic rings. The molecule has 1 heterocycles. The van der Waals surface area contributed by atoms with Crippen LogP contribution in [0.2, 0.25) is 5.02 Å².